The van der Waals surface area contributed by atoms with Crippen molar-refractivity contribution in [3.05, 3.63) is 35.5 Å². The zero-order chi connectivity index (χ0) is 13.5. The molecule has 1 heterocycles. The van der Waals surface area contributed by atoms with Gasteiger partial charge in [0, 0.05) is 16.6 Å². The van der Waals surface area contributed by atoms with Crippen molar-refractivity contribution in [3.63, 3.8) is 0 Å². The Kier molecular flexibility index (Phi) is 5.43. The lowest BCUT2D eigenvalue weighted by Crippen LogP contribution is -2.20. The molecule has 1 aromatic carbocycles. The van der Waals surface area contributed by atoms with E-state index in [0.717, 1.165) is 26.1 Å². The molecule has 19 heavy (non-hydrogen) atoms. The first kappa shape index (κ1) is 14.1. The largest absolute Gasteiger partial charge is 0.358 e. The van der Waals surface area contributed by atoms with Gasteiger partial charge < -0.3 is 15.6 Å². The van der Waals surface area contributed by atoms with Crippen molar-refractivity contribution in [3.8, 4) is 0 Å². The Morgan fingerprint density at radius 1 is 1.05 bits per heavy atom. The van der Waals surface area contributed by atoms with E-state index in [1.54, 1.807) is 0 Å². The van der Waals surface area contributed by atoms with E-state index in [4.69, 9.17) is 0 Å². The Balaban J connectivity index is 1.80. The minimum Gasteiger partial charge on any atom is -0.358 e. The molecule has 0 saturated heterocycles. The highest BCUT2D eigenvalue weighted by atomic mass is 14.9. The summed E-state index contributed by atoms with van der Waals surface area (Å²) in [6.45, 7) is 5.46. The van der Waals surface area contributed by atoms with Crippen molar-refractivity contribution in [1.82, 2.24) is 15.6 Å². The van der Waals surface area contributed by atoms with Crippen LogP contribution >= 0.6 is 0 Å². The number of H-pyrrole nitrogens is 1. The summed E-state index contributed by atoms with van der Waals surface area (Å²) in [4.78, 5) is 3.46. The van der Waals surface area contributed by atoms with Gasteiger partial charge in [0.25, 0.3) is 0 Å². The van der Waals surface area contributed by atoms with Gasteiger partial charge in [0.2, 0.25) is 0 Å². The van der Waals surface area contributed by atoms with Gasteiger partial charge in [-0.25, -0.2) is 0 Å². The van der Waals surface area contributed by atoms with Crippen LogP contribution in [0.15, 0.2) is 24.3 Å². The van der Waals surface area contributed by atoms with E-state index < -0.39 is 0 Å². The van der Waals surface area contributed by atoms with Crippen LogP contribution in [0.4, 0.5) is 0 Å². The van der Waals surface area contributed by atoms with Gasteiger partial charge in [-0.1, -0.05) is 18.2 Å². The van der Waals surface area contributed by atoms with Crippen molar-refractivity contribution in [1.29, 1.82) is 0 Å². The molecule has 104 valence electrons. The lowest BCUT2D eigenvalue weighted by atomic mass is 10.1. The highest BCUT2D eigenvalue weighted by Crippen LogP contribution is 2.21. The number of unbranched alkanes of at least 4 members (excludes halogenated alkanes) is 1. The van der Waals surface area contributed by atoms with E-state index in [9.17, 15) is 0 Å². The lowest BCUT2D eigenvalue weighted by Gasteiger charge is -2.05. The quantitative estimate of drug-likeness (QED) is 0.638. The molecule has 0 atom stereocenters. The molecule has 2 aromatic rings. The average Bonchev–Trinajstić information content (AvgIpc) is 2.74. The van der Waals surface area contributed by atoms with Crippen molar-refractivity contribution in [2.45, 2.75) is 26.2 Å². The number of aryl methyl sites for hydroxylation is 1. The second kappa shape index (κ2) is 7.31. The Morgan fingerprint density at radius 3 is 2.68 bits per heavy atom. The Labute approximate surface area is 115 Å². The second-order valence-corrected chi connectivity index (χ2v) is 5.08. The van der Waals surface area contributed by atoms with Gasteiger partial charge in [-0.15, -0.1) is 0 Å². The number of fused-ring (bicyclic) bond motifs is 1. The second-order valence-electron chi connectivity index (χ2n) is 5.08. The molecule has 0 aliphatic rings. The number of para-hydroxylation sites is 1. The SMILES string of the molecule is CNCCCCNCCc1c(C)[nH]c2ccccc12. The maximum absolute atomic E-state index is 3.53. The van der Waals surface area contributed by atoms with Gasteiger partial charge in [0.15, 0.2) is 0 Å². The number of benzene rings is 1. The number of aromatic amines is 1. The number of nitrogens with one attached hydrogen (secondary N) is 3. The number of hydrogen-bond acceptors (Lipinski definition) is 2. The summed E-state index contributed by atoms with van der Waals surface area (Å²) in [5, 5.41) is 8.08. The van der Waals surface area contributed by atoms with Crippen molar-refractivity contribution in [2.75, 3.05) is 26.7 Å². The maximum atomic E-state index is 3.53. The first-order chi connectivity index (χ1) is 9.33. The van der Waals surface area contributed by atoms with Crippen molar-refractivity contribution in [2.24, 2.45) is 0 Å². The highest BCUT2D eigenvalue weighted by Gasteiger charge is 2.06. The highest BCUT2D eigenvalue weighted by molar-refractivity contribution is 5.84. The van der Waals surface area contributed by atoms with Crippen LogP contribution in [0.5, 0.6) is 0 Å². The minimum absolute atomic E-state index is 1.06. The zero-order valence-electron chi connectivity index (χ0n) is 12.1. The van der Waals surface area contributed by atoms with Crippen LogP contribution in [0.25, 0.3) is 10.9 Å². The van der Waals surface area contributed by atoms with Gasteiger partial charge in [-0.2, -0.15) is 0 Å². The molecule has 0 saturated carbocycles. The van der Waals surface area contributed by atoms with Gasteiger partial charge in [-0.05, 0) is 64.5 Å². The molecule has 0 aliphatic heterocycles. The fourth-order valence-corrected chi connectivity index (χ4v) is 2.55. The number of aromatic nitrogens is 1. The molecular weight excluding hydrogens is 234 g/mol. The topological polar surface area (TPSA) is 39.8 Å². The smallest absolute Gasteiger partial charge is 0.0458 e. The molecule has 1 aromatic heterocycles. The van der Waals surface area contributed by atoms with E-state index in [0.29, 0.717) is 0 Å². The molecule has 3 heteroatoms. The standard InChI is InChI=1S/C16H25N3/c1-13-14(9-12-18-11-6-5-10-17-2)15-7-3-4-8-16(15)19-13/h3-4,7-8,17-19H,5-6,9-12H2,1-2H3. The van der Waals surface area contributed by atoms with Crippen LogP contribution in [0.2, 0.25) is 0 Å². The molecule has 0 bridgehead atoms. The summed E-state index contributed by atoms with van der Waals surface area (Å²) in [5.41, 5.74) is 4.01. The molecule has 0 amide bonds. The van der Waals surface area contributed by atoms with Crippen LogP contribution in [-0.4, -0.2) is 31.7 Å². The first-order valence-corrected chi connectivity index (χ1v) is 7.24. The summed E-state index contributed by atoms with van der Waals surface area (Å²) >= 11 is 0. The summed E-state index contributed by atoms with van der Waals surface area (Å²) in [5.74, 6) is 0. The Bertz CT molecular complexity index is 502. The van der Waals surface area contributed by atoms with E-state index in [-0.39, 0.29) is 0 Å². The maximum Gasteiger partial charge on any atom is 0.0458 e. The van der Waals surface area contributed by atoms with Gasteiger partial charge >= 0.3 is 0 Å². The molecule has 0 radical (unpaired) electrons. The van der Waals surface area contributed by atoms with Gasteiger partial charge in [0.05, 0.1) is 0 Å². The van der Waals surface area contributed by atoms with Crippen LogP contribution in [-0.2, 0) is 6.42 Å². The molecule has 3 N–H and O–H groups in total. The zero-order valence-corrected chi connectivity index (χ0v) is 12.1. The number of rotatable bonds is 8. The summed E-state index contributed by atoms with van der Waals surface area (Å²) in [7, 11) is 2.01. The van der Waals surface area contributed by atoms with Crippen molar-refractivity contribution >= 4 is 10.9 Å². The van der Waals surface area contributed by atoms with E-state index in [2.05, 4.69) is 46.8 Å². The lowest BCUT2D eigenvalue weighted by molar-refractivity contribution is 0.606. The molecule has 0 spiro atoms. The molecule has 3 nitrogen and oxygen atoms in total. The molecule has 0 aliphatic carbocycles. The molecule has 2 rings (SSSR count). The van der Waals surface area contributed by atoms with Crippen LogP contribution in [0, 0.1) is 6.92 Å². The van der Waals surface area contributed by atoms with Crippen LogP contribution in [0.1, 0.15) is 24.1 Å². The molecular formula is C16H25N3. The molecule has 0 unspecified atom stereocenters. The number of hydrogen-bond donors (Lipinski definition) is 3. The third kappa shape index (κ3) is 3.82. The Hall–Kier alpha value is -1.32. The Morgan fingerprint density at radius 2 is 1.84 bits per heavy atom. The van der Waals surface area contributed by atoms with Gasteiger partial charge in [-0.3, -0.25) is 0 Å². The van der Waals surface area contributed by atoms with Crippen LogP contribution < -0.4 is 10.6 Å². The fourth-order valence-electron chi connectivity index (χ4n) is 2.55. The minimum atomic E-state index is 1.06. The summed E-state index contributed by atoms with van der Waals surface area (Å²) < 4.78 is 0. The third-order valence-corrected chi connectivity index (χ3v) is 3.61. The van der Waals surface area contributed by atoms with E-state index >= 15 is 0 Å². The monoisotopic (exact) mass is 259 g/mol. The van der Waals surface area contributed by atoms with Crippen molar-refractivity contribution < 1.29 is 0 Å². The molecule has 0 fully saturated rings. The summed E-state index contributed by atoms with van der Waals surface area (Å²) in [6, 6.07) is 8.56. The van der Waals surface area contributed by atoms with E-state index in [1.165, 1.54) is 35.0 Å². The summed E-state index contributed by atoms with van der Waals surface area (Å²) in [6.07, 6.45) is 3.59. The van der Waals surface area contributed by atoms with Crippen LogP contribution in [0.3, 0.4) is 0 Å². The predicted octanol–water partition coefficient (Wildman–Crippen LogP) is 2.61. The van der Waals surface area contributed by atoms with E-state index in [1.807, 2.05) is 7.05 Å². The van der Waals surface area contributed by atoms with Gasteiger partial charge in [0.1, 0.15) is 0 Å². The average molecular weight is 259 g/mol. The third-order valence-electron chi connectivity index (χ3n) is 3.61. The first-order valence-electron chi connectivity index (χ1n) is 7.24. The normalized spacial score (nSPS) is 11.3. The fraction of sp³-hybridized carbons (Fsp3) is 0.500. The predicted molar refractivity (Wildman–Crippen MR) is 82.8 cm³/mol.